The first-order valence-corrected chi connectivity index (χ1v) is 25.9. The lowest BCUT2D eigenvalue weighted by Crippen LogP contribution is -2.48. The molecule has 6 N–H and O–H groups in total. The molecule has 26 heteroatoms. The Morgan fingerprint density at radius 3 is 1.21 bits per heavy atom. The molecule has 0 unspecified atom stereocenters. The molecule has 0 aliphatic carbocycles. The Balaban J connectivity index is 0.000000206. The topological polar surface area (TPSA) is 305 Å². The maximum Gasteiger partial charge on any atom is 0.223 e. The van der Waals surface area contributed by atoms with Crippen LogP contribution >= 0.6 is 0 Å². The number of piperazine rings is 2. The molecule has 2 aliphatic rings. The van der Waals surface area contributed by atoms with Crippen LogP contribution in [0.5, 0.6) is 11.8 Å². The van der Waals surface area contributed by atoms with Crippen LogP contribution in [-0.2, 0) is 20.0 Å². The Morgan fingerprint density at radius 1 is 0.543 bits per heavy atom. The maximum absolute atomic E-state index is 11.9. The molecule has 8 heterocycles. The fourth-order valence-corrected chi connectivity index (χ4v) is 9.55. The molecule has 0 saturated carbocycles. The van der Waals surface area contributed by atoms with Crippen LogP contribution in [0.4, 0.5) is 34.9 Å². The molecule has 2 aliphatic heterocycles. The van der Waals surface area contributed by atoms with Gasteiger partial charge in [0.1, 0.15) is 23.3 Å². The zero-order chi connectivity index (χ0) is 50.3. The van der Waals surface area contributed by atoms with Gasteiger partial charge in [-0.05, 0) is 63.1 Å². The van der Waals surface area contributed by atoms with Crippen molar-refractivity contribution in [3.63, 3.8) is 0 Å². The van der Waals surface area contributed by atoms with Crippen molar-refractivity contribution in [3.8, 4) is 34.5 Å². The molecular formula is C44H58N18O6S2. The summed E-state index contributed by atoms with van der Waals surface area (Å²) < 4.78 is 60.7. The fraction of sp³-hybridized carbons (Fsp3) is 0.409. The van der Waals surface area contributed by atoms with Crippen LogP contribution in [0.3, 0.4) is 0 Å². The summed E-state index contributed by atoms with van der Waals surface area (Å²) in [5.41, 5.74) is 16.5. The summed E-state index contributed by atoms with van der Waals surface area (Å²) >= 11 is 0. The van der Waals surface area contributed by atoms with Gasteiger partial charge in [-0.1, -0.05) is 0 Å². The lowest BCUT2D eigenvalue weighted by molar-refractivity contribution is 0.146. The van der Waals surface area contributed by atoms with Gasteiger partial charge in [0.15, 0.2) is 11.6 Å². The molecule has 372 valence electrons. The number of anilines is 6. The molecule has 6 aromatic heterocycles. The number of methoxy groups -OCH3 is 2. The predicted octanol–water partition coefficient (Wildman–Crippen LogP) is 3.22. The molecule has 0 bridgehead atoms. The molecule has 0 radical (unpaired) electrons. The van der Waals surface area contributed by atoms with E-state index in [0.717, 1.165) is 22.5 Å². The third-order valence-corrected chi connectivity index (χ3v) is 14.4. The van der Waals surface area contributed by atoms with E-state index in [0.29, 0.717) is 110 Å². The van der Waals surface area contributed by atoms with Crippen LogP contribution < -0.4 is 31.6 Å². The summed E-state index contributed by atoms with van der Waals surface area (Å²) in [6, 6.07) is 11.1. The molecule has 0 amide bonds. The van der Waals surface area contributed by atoms with Gasteiger partial charge in [0.2, 0.25) is 43.7 Å². The fourth-order valence-electron chi connectivity index (χ4n) is 7.89. The number of nitrogens with zero attached hydrogens (tertiary/aromatic N) is 14. The molecule has 0 aromatic carbocycles. The van der Waals surface area contributed by atoms with Crippen molar-refractivity contribution in [1.82, 2.24) is 68.3 Å². The smallest absolute Gasteiger partial charge is 0.223 e. The molecular weight excluding hydrogens is 941 g/mol. The van der Waals surface area contributed by atoms with Crippen molar-refractivity contribution in [2.24, 2.45) is 0 Å². The van der Waals surface area contributed by atoms with Gasteiger partial charge in [-0.3, -0.25) is 9.80 Å². The second kappa shape index (κ2) is 21.8. The van der Waals surface area contributed by atoms with Crippen molar-refractivity contribution in [2.75, 3.05) is 101 Å². The highest BCUT2D eigenvalue weighted by Gasteiger charge is 2.29. The van der Waals surface area contributed by atoms with Gasteiger partial charge < -0.3 is 31.6 Å². The highest BCUT2D eigenvalue weighted by Crippen LogP contribution is 2.34. The minimum absolute atomic E-state index is 0.0000515. The number of ether oxygens (including phenoxy) is 2. The summed E-state index contributed by atoms with van der Waals surface area (Å²) in [7, 11) is -3.27. The lowest BCUT2D eigenvalue weighted by atomic mass is 10.1. The van der Waals surface area contributed by atoms with E-state index in [4.69, 9.17) is 20.9 Å². The van der Waals surface area contributed by atoms with Crippen LogP contribution in [-0.4, -0.2) is 164 Å². The highest BCUT2D eigenvalue weighted by molar-refractivity contribution is 7.88. The number of aryl methyl sites for hydroxylation is 2. The Labute approximate surface area is 407 Å². The summed E-state index contributed by atoms with van der Waals surface area (Å²) in [6.07, 6.45) is 9.38. The number of nitrogens with two attached hydrogens (primary N) is 2. The molecule has 24 nitrogen and oxygen atoms in total. The normalized spacial score (nSPS) is 16.1. The third-order valence-electron chi connectivity index (χ3n) is 11.8. The van der Waals surface area contributed by atoms with E-state index in [1.54, 1.807) is 65.0 Å². The molecule has 0 spiro atoms. The van der Waals surface area contributed by atoms with E-state index in [-0.39, 0.29) is 24.0 Å². The van der Waals surface area contributed by atoms with Crippen LogP contribution in [0.2, 0.25) is 0 Å². The second-order valence-corrected chi connectivity index (χ2v) is 20.6. The van der Waals surface area contributed by atoms with Gasteiger partial charge in [0.25, 0.3) is 0 Å². The lowest BCUT2D eigenvalue weighted by Gasteiger charge is -2.37. The first-order chi connectivity index (χ1) is 33.3. The van der Waals surface area contributed by atoms with E-state index >= 15 is 0 Å². The SMILES string of the molecule is COc1ccc(Nc2ncc([C@@H](C)N3CCN(S(C)(=O)=O)CC3)cc2-c2nc(C)nc(N)n2)cn1.COc1ccc(Nc2ncc([C@H](C)N3CCN(S(C)(=O)=O)CC3)cc2-c2nc(C)nc(N)n2)cn1. The van der Waals surface area contributed by atoms with Gasteiger partial charge >= 0.3 is 0 Å². The largest absolute Gasteiger partial charge is 0.481 e. The van der Waals surface area contributed by atoms with Gasteiger partial charge in [0.05, 0.1) is 61.6 Å². The standard InChI is InChI=1S/2C22H29N9O3S/c2*1-14(30-7-9-31(10-8-30)35(4,32)33)16-11-18(21-26-15(2)27-22(23)29-21)20(25-12-16)28-17-5-6-19(34-3)24-13-17/h2*5-6,11-14H,7-10H2,1-4H3,(H,25,28)(H2,23,26,27,29)/t2*14-/m10/s1. The molecule has 2 saturated heterocycles. The van der Waals surface area contributed by atoms with Crippen molar-refractivity contribution in [3.05, 3.63) is 84.0 Å². The number of hydrogen-bond donors (Lipinski definition) is 4. The van der Waals surface area contributed by atoms with Crippen LogP contribution in [0, 0.1) is 13.8 Å². The molecule has 6 aromatic rings. The summed E-state index contributed by atoms with van der Waals surface area (Å²) in [5, 5.41) is 6.54. The van der Waals surface area contributed by atoms with Gasteiger partial charge in [-0.25, -0.2) is 46.7 Å². The van der Waals surface area contributed by atoms with E-state index < -0.39 is 20.0 Å². The minimum atomic E-state index is -3.19. The van der Waals surface area contributed by atoms with Crippen molar-refractivity contribution in [1.29, 1.82) is 0 Å². The van der Waals surface area contributed by atoms with Crippen molar-refractivity contribution < 1.29 is 26.3 Å². The Bertz CT molecular complexity index is 2750. The van der Waals surface area contributed by atoms with Crippen molar-refractivity contribution in [2.45, 2.75) is 39.8 Å². The monoisotopic (exact) mass is 998 g/mol. The minimum Gasteiger partial charge on any atom is -0.481 e. The van der Waals surface area contributed by atoms with Gasteiger partial charge in [0, 0.05) is 89.0 Å². The van der Waals surface area contributed by atoms with E-state index in [2.05, 4.69) is 84.1 Å². The number of aromatic nitrogens is 10. The first kappa shape index (κ1) is 51.0. The third kappa shape index (κ3) is 12.9. The Kier molecular flexibility index (Phi) is 15.9. The van der Waals surface area contributed by atoms with E-state index in [9.17, 15) is 16.8 Å². The second-order valence-electron chi connectivity index (χ2n) is 16.6. The average molecular weight is 999 g/mol. The zero-order valence-electron chi connectivity index (χ0n) is 40.3. The molecule has 2 atom stereocenters. The quantitative estimate of drug-likeness (QED) is 0.122. The summed E-state index contributed by atoms with van der Waals surface area (Å²) in [4.78, 5) is 48.1. The summed E-state index contributed by atoms with van der Waals surface area (Å²) in [5.74, 6) is 4.15. The van der Waals surface area contributed by atoms with Crippen LogP contribution in [0.15, 0.2) is 61.2 Å². The number of hydrogen-bond acceptors (Lipinski definition) is 22. The maximum atomic E-state index is 11.9. The molecule has 2 fully saturated rings. The average Bonchev–Trinajstić information content (AvgIpc) is 3.33. The van der Waals surface area contributed by atoms with Gasteiger partial charge in [-0.2, -0.15) is 28.5 Å². The summed E-state index contributed by atoms with van der Waals surface area (Å²) in [6.45, 7) is 12.0. The zero-order valence-corrected chi connectivity index (χ0v) is 41.9. The Morgan fingerprint density at radius 2 is 0.914 bits per heavy atom. The van der Waals surface area contributed by atoms with Gasteiger partial charge in [-0.15, -0.1) is 0 Å². The first-order valence-electron chi connectivity index (χ1n) is 22.2. The van der Waals surface area contributed by atoms with Crippen molar-refractivity contribution >= 4 is 55.0 Å². The number of nitrogen functional groups attached to an aromatic ring is 2. The predicted molar refractivity (Wildman–Crippen MR) is 265 cm³/mol. The highest BCUT2D eigenvalue weighted by atomic mass is 32.2. The number of nitrogens with one attached hydrogen (secondary N) is 2. The number of rotatable bonds is 14. The molecule has 70 heavy (non-hydrogen) atoms. The van der Waals surface area contributed by atoms with E-state index in [1.165, 1.54) is 21.1 Å². The molecule has 8 rings (SSSR count). The van der Waals surface area contributed by atoms with Crippen LogP contribution in [0.25, 0.3) is 22.8 Å². The number of sulfonamides is 2. The van der Waals surface area contributed by atoms with Crippen LogP contribution in [0.1, 0.15) is 48.7 Å². The van der Waals surface area contributed by atoms with E-state index in [1.807, 2.05) is 24.3 Å². The Hall–Kier alpha value is -6.84. The number of pyridine rings is 4.